The van der Waals surface area contributed by atoms with Gasteiger partial charge in [0.25, 0.3) is 0 Å². The first-order valence-corrected chi connectivity index (χ1v) is 7.46. The Morgan fingerprint density at radius 1 is 1.27 bits per heavy atom. The molecule has 0 radical (unpaired) electrons. The van der Waals surface area contributed by atoms with Crippen molar-refractivity contribution in [3.05, 3.63) is 40.8 Å². The van der Waals surface area contributed by atoms with Crippen LogP contribution in [0.5, 0.6) is 5.75 Å². The molecule has 22 heavy (non-hydrogen) atoms. The minimum absolute atomic E-state index is 0.200. The molecule has 0 amide bonds. The Labute approximate surface area is 127 Å². The van der Waals surface area contributed by atoms with Gasteiger partial charge in [0, 0.05) is 35.2 Å². The van der Waals surface area contributed by atoms with Gasteiger partial charge in [0.15, 0.2) is 5.82 Å². The van der Waals surface area contributed by atoms with Crippen molar-refractivity contribution in [2.45, 2.75) is 32.6 Å². The summed E-state index contributed by atoms with van der Waals surface area (Å²) in [5.74, 6) is 2.44. The molecule has 0 atom stereocenters. The molecular weight excluding hydrogens is 280 g/mol. The van der Waals surface area contributed by atoms with Crippen LogP contribution in [0.1, 0.15) is 35.5 Å². The van der Waals surface area contributed by atoms with E-state index in [-0.39, 0.29) is 5.75 Å². The Morgan fingerprint density at radius 3 is 2.95 bits per heavy atom. The highest BCUT2D eigenvalue weighted by atomic mass is 16.5. The minimum Gasteiger partial charge on any atom is -0.507 e. The first-order chi connectivity index (χ1) is 10.7. The summed E-state index contributed by atoms with van der Waals surface area (Å²) >= 11 is 0. The van der Waals surface area contributed by atoms with E-state index in [1.807, 2.05) is 13.0 Å². The van der Waals surface area contributed by atoms with Crippen LogP contribution in [0.15, 0.2) is 32.1 Å². The maximum Gasteiger partial charge on any atom is 0.195 e. The average Bonchev–Trinajstić information content (AvgIpc) is 3.10. The highest BCUT2D eigenvalue weighted by Crippen LogP contribution is 2.36. The number of hydrogen-bond acceptors (Lipinski definition) is 5. The van der Waals surface area contributed by atoms with Gasteiger partial charge in [-0.05, 0) is 38.3 Å². The van der Waals surface area contributed by atoms with Crippen LogP contribution >= 0.6 is 0 Å². The van der Waals surface area contributed by atoms with Crippen LogP contribution in [0.2, 0.25) is 0 Å². The van der Waals surface area contributed by atoms with Crippen molar-refractivity contribution in [1.29, 1.82) is 0 Å². The number of hydrogen-bond donors (Lipinski definition) is 1. The summed E-state index contributed by atoms with van der Waals surface area (Å²) in [6, 6.07) is 5.21. The standard InChI is InChI=1S/C17H16N2O3/c1-10-8-16(19-22-10)18-9-12-13(20)6-7-15-17(12)11-4-2-3-5-14(11)21-15/h6-9,20H,2-5H2,1H3. The summed E-state index contributed by atoms with van der Waals surface area (Å²) in [5.41, 5.74) is 2.70. The van der Waals surface area contributed by atoms with E-state index in [1.54, 1.807) is 18.3 Å². The number of nitrogens with zero attached hydrogens (tertiary/aromatic N) is 2. The quantitative estimate of drug-likeness (QED) is 0.724. The number of furan rings is 1. The summed E-state index contributed by atoms with van der Waals surface area (Å²) in [7, 11) is 0. The molecule has 1 aliphatic carbocycles. The van der Waals surface area contributed by atoms with E-state index >= 15 is 0 Å². The van der Waals surface area contributed by atoms with E-state index < -0.39 is 0 Å². The monoisotopic (exact) mass is 296 g/mol. The van der Waals surface area contributed by atoms with Crippen molar-refractivity contribution in [1.82, 2.24) is 5.16 Å². The number of phenols is 1. The van der Waals surface area contributed by atoms with E-state index in [1.165, 1.54) is 5.56 Å². The smallest absolute Gasteiger partial charge is 0.195 e. The van der Waals surface area contributed by atoms with E-state index in [2.05, 4.69) is 10.1 Å². The third-order valence-electron chi connectivity index (χ3n) is 4.08. The van der Waals surface area contributed by atoms with Gasteiger partial charge in [-0.15, -0.1) is 0 Å². The van der Waals surface area contributed by atoms with Gasteiger partial charge in [-0.1, -0.05) is 5.16 Å². The number of aromatic hydroxyl groups is 1. The Kier molecular flexibility index (Phi) is 2.99. The molecule has 3 aromatic rings. The lowest BCUT2D eigenvalue weighted by Gasteiger charge is -2.09. The van der Waals surface area contributed by atoms with Crippen LogP contribution in [0.4, 0.5) is 5.82 Å². The Balaban J connectivity index is 1.86. The fraction of sp³-hybridized carbons (Fsp3) is 0.294. The third kappa shape index (κ3) is 2.09. The topological polar surface area (TPSA) is 71.8 Å². The van der Waals surface area contributed by atoms with Crippen molar-refractivity contribution in [2.75, 3.05) is 0 Å². The fourth-order valence-corrected chi connectivity index (χ4v) is 3.05. The number of aromatic nitrogens is 1. The van der Waals surface area contributed by atoms with Gasteiger partial charge in [-0.2, -0.15) is 0 Å². The van der Waals surface area contributed by atoms with Gasteiger partial charge in [0.2, 0.25) is 0 Å². The largest absolute Gasteiger partial charge is 0.507 e. The number of aryl methyl sites for hydroxylation is 3. The highest BCUT2D eigenvalue weighted by Gasteiger charge is 2.21. The Morgan fingerprint density at radius 2 is 2.14 bits per heavy atom. The minimum atomic E-state index is 0.200. The molecule has 5 nitrogen and oxygen atoms in total. The first kappa shape index (κ1) is 13.1. The van der Waals surface area contributed by atoms with Gasteiger partial charge >= 0.3 is 0 Å². The van der Waals surface area contributed by atoms with Gasteiger partial charge < -0.3 is 14.0 Å². The average molecular weight is 296 g/mol. The van der Waals surface area contributed by atoms with Gasteiger partial charge in [0.05, 0.1) is 0 Å². The van der Waals surface area contributed by atoms with E-state index in [4.69, 9.17) is 8.94 Å². The van der Waals surface area contributed by atoms with Crippen LogP contribution in [-0.4, -0.2) is 16.5 Å². The molecule has 1 aliphatic rings. The van der Waals surface area contributed by atoms with Crippen LogP contribution in [-0.2, 0) is 12.8 Å². The summed E-state index contributed by atoms with van der Waals surface area (Å²) in [4.78, 5) is 4.31. The van der Waals surface area contributed by atoms with Crippen molar-refractivity contribution in [2.24, 2.45) is 4.99 Å². The van der Waals surface area contributed by atoms with Crippen molar-refractivity contribution in [3.63, 3.8) is 0 Å². The Hall–Kier alpha value is -2.56. The molecule has 0 unspecified atom stereocenters. The number of benzene rings is 1. The molecule has 112 valence electrons. The summed E-state index contributed by atoms with van der Waals surface area (Å²) in [6.07, 6.45) is 5.88. The second-order valence-corrected chi connectivity index (χ2v) is 5.64. The molecule has 4 rings (SSSR count). The first-order valence-electron chi connectivity index (χ1n) is 7.46. The van der Waals surface area contributed by atoms with Gasteiger partial charge in [-0.3, -0.25) is 0 Å². The predicted octanol–water partition coefficient (Wildman–Crippen LogP) is 4.06. The molecule has 0 fully saturated rings. The zero-order chi connectivity index (χ0) is 15.1. The van der Waals surface area contributed by atoms with Crippen molar-refractivity contribution < 1.29 is 14.0 Å². The third-order valence-corrected chi connectivity index (χ3v) is 4.08. The second kappa shape index (κ2) is 5.02. The number of fused-ring (bicyclic) bond motifs is 3. The highest BCUT2D eigenvalue weighted by molar-refractivity contribution is 6.03. The normalized spacial score (nSPS) is 14.8. The van der Waals surface area contributed by atoms with Crippen LogP contribution in [0, 0.1) is 6.92 Å². The van der Waals surface area contributed by atoms with E-state index in [9.17, 15) is 5.11 Å². The molecule has 0 saturated carbocycles. The maximum absolute atomic E-state index is 10.2. The lowest BCUT2D eigenvalue weighted by atomic mass is 9.94. The molecule has 0 aliphatic heterocycles. The molecule has 0 spiro atoms. The zero-order valence-corrected chi connectivity index (χ0v) is 12.3. The Bertz CT molecular complexity index is 874. The summed E-state index contributed by atoms with van der Waals surface area (Å²) in [6.45, 7) is 1.82. The van der Waals surface area contributed by atoms with Crippen molar-refractivity contribution >= 4 is 23.0 Å². The van der Waals surface area contributed by atoms with E-state index in [0.717, 1.165) is 42.4 Å². The molecule has 2 aromatic heterocycles. The SMILES string of the molecule is Cc1cc(N=Cc2c(O)ccc3oc4c(c23)CCCC4)no1. The second-order valence-electron chi connectivity index (χ2n) is 5.64. The molecule has 1 N–H and O–H groups in total. The number of phenolic OH excluding ortho intramolecular Hbond substituents is 1. The molecule has 1 aromatic carbocycles. The van der Waals surface area contributed by atoms with Crippen LogP contribution < -0.4 is 0 Å². The predicted molar refractivity (Wildman–Crippen MR) is 83.0 cm³/mol. The van der Waals surface area contributed by atoms with Crippen LogP contribution in [0.3, 0.4) is 0 Å². The fourth-order valence-electron chi connectivity index (χ4n) is 3.05. The van der Waals surface area contributed by atoms with Crippen molar-refractivity contribution in [3.8, 4) is 5.75 Å². The molecule has 2 heterocycles. The molecule has 0 bridgehead atoms. The maximum atomic E-state index is 10.2. The molecular formula is C17H16N2O3. The van der Waals surface area contributed by atoms with Gasteiger partial charge in [-0.25, -0.2) is 4.99 Å². The lowest BCUT2D eigenvalue weighted by Crippen LogP contribution is -1.99. The van der Waals surface area contributed by atoms with Crippen LogP contribution in [0.25, 0.3) is 11.0 Å². The van der Waals surface area contributed by atoms with Gasteiger partial charge in [0.1, 0.15) is 22.9 Å². The molecule has 0 saturated heterocycles. The molecule has 5 heteroatoms. The lowest BCUT2D eigenvalue weighted by molar-refractivity contribution is 0.399. The summed E-state index contributed by atoms with van der Waals surface area (Å²) < 4.78 is 10.9. The summed E-state index contributed by atoms with van der Waals surface area (Å²) in [5, 5.41) is 15.0. The van der Waals surface area contributed by atoms with E-state index in [0.29, 0.717) is 17.1 Å². The number of rotatable bonds is 2. The zero-order valence-electron chi connectivity index (χ0n) is 12.3. The number of aliphatic imine (C=N–C) groups is 1.